The lowest BCUT2D eigenvalue weighted by Crippen LogP contribution is -2.25. The van der Waals surface area contributed by atoms with Crippen LogP contribution in [-0.4, -0.2) is 18.3 Å². The Labute approximate surface area is 149 Å². The molecule has 0 saturated carbocycles. The molecule has 0 radical (unpaired) electrons. The van der Waals surface area contributed by atoms with Gasteiger partial charge < -0.3 is 10.1 Å². The van der Waals surface area contributed by atoms with E-state index < -0.39 is 5.41 Å². The highest BCUT2D eigenvalue weighted by atomic mass is 16.5. The van der Waals surface area contributed by atoms with Crippen molar-refractivity contribution in [2.75, 3.05) is 6.54 Å². The highest BCUT2D eigenvalue weighted by Gasteiger charge is 2.23. The van der Waals surface area contributed by atoms with E-state index in [0.29, 0.717) is 24.3 Å². The molecular weight excluding hydrogens is 314 g/mol. The van der Waals surface area contributed by atoms with Crippen LogP contribution in [0.1, 0.15) is 43.1 Å². The van der Waals surface area contributed by atoms with Gasteiger partial charge in [-0.3, -0.25) is 9.59 Å². The Morgan fingerprint density at radius 3 is 2.20 bits per heavy atom. The molecule has 4 heteroatoms. The van der Waals surface area contributed by atoms with Crippen LogP contribution in [0, 0.1) is 5.41 Å². The highest BCUT2D eigenvalue weighted by Crippen LogP contribution is 2.20. The van der Waals surface area contributed by atoms with E-state index in [0.717, 1.165) is 6.54 Å². The van der Waals surface area contributed by atoms with Crippen LogP contribution in [0.15, 0.2) is 54.6 Å². The van der Waals surface area contributed by atoms with Gasteiger partial charge in [-0.25, -0.2) is 0 Å². The molecule has 132 valence electrons. The minimum Gasteiger partial charge on any atom is -0.426 e. The summed E-state index contributed by atoms with van der Waals surface area (Å²) in [5.74, 6) is 0.227. The van der Waals surface area contributed by atoms with Crippen LogP contribution >= 0.6 is 0 Å². The van der Waals surface area contributed by atoms with Crippen molar-refractivity contribution >= 4 is 11.8 Å². The molecule has 0 aromatic heterocycles. The van der Waals surface area contributed by atoms with Crippen LogP contribution in [0.2, 0.25) is 0 Å². The molecule has 0 unspecified atom stereocenters. The van der Waals surface area contributed by atoms with Crippen LogP contribution in [0.5, 0.6) is 5.75 Å². The molecule has 0 saturated heterocycles. The number of ether oxygens (including phenoxy) is 1. The maximum absolute atomic E-state index is 12.2. The maximum Gasteiger partial charge on any atom is 0.316 e. The van der Waals surface area contributed by atoms with Crippen molar-refractivity contribution in [3.05, 3.63) is 65.7 Å². The van der Waals surface area contributed by atoms with E-state index in [2.05, 4.69) is 5.32 Å². The fourth-order valence-corrected chi connectivity index (χ4v) is 2.14. The summed E-state index contributed by atoms with van der Waals surface area (Å²) in [6.45, 7) is 6.77. The molecule has 2 aromatic carbocycles. The molecule has 0 heterocycles. The topological polar surface area (TPSA) is 55.4 Å². The average Bonchev–Trinajstić information content (AvgIpc) is 2.59. The van der Waals surface area contributed by atoms with E-state index in [1.807, 2.05) is 30.3 Å². The van der Waals surface area contributed by atoms with Crippen molar-refractivity contribution < 1.29 is 14.3 Å². The number of ketones is 1. The number of esters is 1. The van der Waals surface area contributed by atoms with Crippen LogP contribution in [0.25, 0.3) is 0 Å². The number of benzene rings is 2. The van der Waals surface area contributed by atoms with Crippen molar-refractivity contribution in [3.8, 4) is 5.75 Å². The summed E-state index contributed by atoms with van der Waals surface area (Å²) in [7, 11) is 0. The van der Waals surface area contributed by atoms with Gasteiger partial charge in [-0.15, -0.1) is 0 Å². The SMILES string of the molecule is CC(C)(C)C(=O)Oc1ccc(C(=O)CCNCc2ccccc2)cc1. The second-order valence-corrected chi connectivity index (χ2v) is 7.00. The number of hydrogen-bond donors (Lipinski definition) is 1. The quantitative estimate of drug-likeness (QED) is 0.358. The normalized spacial score (nSPS) is 11.2. The Kier molecular flexibility index (Phi) is 6.48. The zero-order chi connectivity index (χ0) is 18.3. The van der Waals surface area contributed by atoms with Gasteiger partial charge in [-0.2, -0.15) is 0 Å². The molecule has 4 nitrogen and oxygen atoms in total. The fourth-order valence-electron chi connectivity index (χ4n) is 2.14. The van der Waals surface area contributed by atoms with Gasteiger partial charge in [0.2, 0.25) is 0 Å². The average molecular weight is 339 g/mol. The number of nitrogens with one attached hydrogen (secondary N) is 1. The van der Waals surface area contributed by atoms with Gasteiger partial charge in [0.15, 0.2) is 5.78 Å². The Balaban J connectivity index is 1.79. The minimum atomic E-state index is -0.557. The molecule has 0 fully saturated rings. The van der Waals surface area contributed by atoms with Gasteiger partial charge in [-0.05, 0) is 50.6 Å². The van der Waals surface area contributed by atoms with E-state index in [9.17, 15) is 9.59 Å². The van der Waals surface area contributed by atoms with Gasteiger partial charge in [0, 0.05) is 25.1 Å². The van der Waals surface area contributed by atoms with Gasteiger partial charge in [0.25, 0.3) is 0 Å². The van der Waals surface area contributed by atoms with Crippen LogP contribution in [-0.2, 0) is 11.3 Å². The largest absolute Gasteiger partial charge is 0.426 e. The van der Waals surface area contributed by atoms with Gasteiger partial charge in [-0.1, -0.05) is 30.3 Å². The molecule has 0 aliphatic heterocycles. The van der Waals surface area contributed by atoms with E-state index in [4.69, 9.17) is 4.74 Å². The van der Waals surface area contributed by atoms with E-state index in [-0.39, 0.29) is 11.8 Å². The predicted molar refractivity (Wildman–Crippen MR) is 98.6 cm³/mol. The molecule has 0 aliphatic rings. The van der Waals surface area contributed by atoms with E-state index >= 15 is 0 Å². The second kappa shape index (κ2) is 8.58. The van der Waals surface area contributed by atoms with Crippen LogP contribution < -0.4 is 10.1 Å². The molecule has 2 aromatic rings. The first kappa shape index (κ1) is 18.9. The van der Waals surface area contributed by atoms with Gasteiger partial charge in [0.05, 0.1) is 5.41 Å². The molecule has 0 amide bonds. The Bertz CT molecular complexity index is 700. The van der Waals surface area contributed by atoms with Crippen molar-refractivity contribution in [3.63, 3.8) is 0 Å². The third-order valence-corrected chi connectivity index (χ3v) is 3.70. The monoisotopic (exact) mass is 339 g/mol. The molecular formula is C21H25NO3. The fraction of sp³-hybridized carbons (Fsp3) is 0.333. The molecule has 0 aliphatic carbocycles. The molecule has 25 heavy (non-hydrogen) atoms. The highest BCUT2D eigenvalue weighted by molar-refractivity contribution is 5.96. The van der Waals surface area contributed by atoms with Crippen molar-refractivity contribution in [2.45, 2.75) is 33.7 Å². The summed E-state index contributed by atoms with van der Waals surface area (Å²) in [6, 6.07) is 16.8. The summed E-state index contributed by atoms with van der Waals surface area (Å²) in [4.78, 5) is 24.0. The summed E-state index contributed by atoms with van der Waals surface area (Å²) >= 11 is 0. The summed E-state index contributed by atoms with van der Waals surface area (Å²) in [6.07, 6.45) is 0.425. The first-order valence-corrected chi connectivity index (χ1v) is 8.46. The number of Topliss-reactive ketones (excluding diaryl/α,β-unsaturated/α-hetero) is 1. The van der Waals surface area contributed by atoms with Gasteiger partial charge in [0.1, 0.15) is 5.75 Å². The first-order chi connectivity index (χ1) is 11.9. The maximum atomic E-state index is 12.2. The standard InChI is InChI=1S/C21H25NO3/c1-21(2,3)20(24)25-18-11-9-17(10-12-18)19(23)13-14-22-15-16-7-5-4-6-8-16/h4-12,22H,13-15H2,1-3H3. The number of carbonyl (C=O) groups is 2. The number of hydrogen-bond acceptors (Lipinski definition) is 4. The van der Waals surface area contributed by atoms with Crippen molar-refractivity contribution in [1.82, 2.24) is 5.32 Å². The lowest BCUT2D eigenvalue weighted by atomic mass is 9.97. The minimum absolute atomic E-state index is 0.0641. The molecule has 0 bridgehead atoms. The number of carbonyl (C=O) groups excluding carboxylic acids is 2. The van der Waals surface area contributed by atoms with Crippen molar-refractivity contribution in [2.24, 2.45) is 5.41 Å². The van der Waals surface area contributed by atoms with Crippen molar-refractivity contribution in [1.29, 1.82) is 0 Å². The van der Waals surface area contributed by atoms with E-state index in [1.165, 1.54) is 5.56 Å². The zero-order valence-electron chi connectivity index (χ0n) is 15.0. The smallest absolute Gasteiger partial charge is 0.316 e. The summed E-state index contributed by atoms with van der Waals surface area (Å²) in [5.41, 5.74) is 1.26. The lowest BCUT2D eigenvalue weighted by Gasteiger charge is -2.16. The first-order valence-electron chi connectivity index (χ1n) is 8.46. The molecule has 1 N–H and O–H groups in total. The summed E-state index contributed by atoms with van der Waals surface area (Å²) < 4.78 is 5.30. The molecule has 2 rings (SSSR count). The van der Waals surface area contributed by atoms with Gasteiger partial charge >= 0.3 is 5.97 Å². The second-order valence-electron chi connectivity index (χ2n) is 7.00. The summed E-state index contributed by atoms with van der Waals surface area (Å²) in [5, 5.41) is 3.27. The Hall–Kier alpha value is -2.46. The van der Waals surface area contributed by atoms with Crippen LogP contribution in [0.4, 0.5) is 0 Å². The van der Waals surface area contributed by atoms with E-state index in [1.54, 1.807) is 45.0 Å². The Morgan fingerprint density at radius 2 is 1.60 bits per heavy atom. The lowest BCUT2D eigenvalue weighted by molar-refractivity contribution is -0.142. The number of rotatable bonds is 7. The predicted octanol–water partition coefficient (Wildman–Crippen LogP) is 4.00. The zero-order valence-corrected chi connectivity index (χ0v) is 15.0. The third kappa shape index (κ3) is 6.16. The Morgan fingerprint density at radius 1 is 0.960 bits per heavy atom. The van der Waals surface area contributed by atoms with Crippen LogP contribution in [0.3, 0.4) is 0 Å². The molecule has 0 atom stereocenters. The third-order valence-electron chi connectivity index (χ3n) is 3.70. The molecule has 0 spiro atoms.